The van der Waals surface area contributed by atoms with Gasteiger partial charge in [0, 0.05) is 11.3 Å². The van der Waals surface area contributed by atoms with Crippen LogP contribution in [0.25, 0.3) is 0 Å². The minimum atomic E-state index is -0.144. The smallest absolute Gasteiger partial charge is 0.267 e. The molecule has 1 aromatic carbocycles. The Morgan fingerprint density at radius 3 is 2.29 bits per heavy atom. The molecule has 0 aliphatic heterocycles. The number of benzene rings is 1. The molecule has 0 aliphatic carbocycles. The van der Waals surface area contributed by atoms with Crippen LogP contribution in [0.15, 0.2) is 35.4 Å². The highest BCUT2D eigenvalue weighted by molar-refractivity contribution is 5.95. The van der Waals surface area contributed by atoms with E-state index in [0.717, 1.165) is 18.6 Å². The summed E-state index contributed by atoms with van der Waals surface area (Å²) in [5.41, 5.74) is 4.25. The van der Waals surface area contributed by atoms with Gasteiger partial charge < -0.3 is 0 Å². The van der Waals surface area contributed by atoms with Gasteiger partial charge in [0.05, 0.1) is 0 Å². The van der Waals surface area contributed by atoms with Crippen LogP contribution in [0.2, 0.25) is 0 Å². The maximum absolute atomic E-state index is 11.8. The van der Waals surface area contributed by atoms with Gasteiger partial charge in [-0.2, -0.15) is 5.10 Å². The molecular weight excluding hydrogens is 260 g/mol. The molecule has 0 heterocycles. The molecule has 0 atom stereocenters. The van der Waals surface area contributed by atoms with E-state index >= 15 is 0 Å². The summed E-state index contributed by atoms with van der Waals surface area (Å²) in [4.78, 5) is 11.8. The zero-order chi connectivity index (χ0) is 15.3. The van der Waals surface area contributed by atoms with Gasteiger partial charge in [0.25, 0.3) is 5.91 Å². The van der Waals surface area contributed by atoms with Gasteiger partial charge in [-0.1, -0.05) is 63.6 Å². The number of unbranched alkanes of at least 4 members (excludes halogenated alkanes) is 6. The van der Waals surface area contributed by atoms with Crippen LogP contribution in [-0.4, -0.2) is 11.6 Å². The van der Waals surface area contributed by atoms with E-state index in [9.17, 15) is 4.79 Å². The normalized spacial score (nSPS) is 11.4. The molecule has 1 aromatic rings. The van der Waals surface area contributed by atoms with Gasteiger partial charge in [0.2, 0.25) is 0 Å². The maximum atomic E-state index is 11.8. The first kappa shape index (κ1) is 17.4. The molecule has 1 N–H and O–H groups in total. The molecule has 0 saturated carbocycles. The number of carbonyl (C=O) groups is 1. The molecule has 0 fully saturated rings. The summed E-state index contributed by atoms with van der Waals surface area (Å²) in [5, 5.41) is 4.16. The predicted molar refractivity (Wildman–Crippen MR) is 89.6 cm³/mol. The van der Waals surface area contributed by atoms with Gasteiger partial charge in [-0.3, -0.25) is 4.79 Å². The zero-order valence-corrected chi connectivity index (χ0v) is 13.4. The Bertz CT molecular complexity index is 426. The first-order valence-corrected chi connectivity index (χ1v) is 8.12. The third kappa shape index (κ3) is 8.28. The molecule has 0 aromatic heterocycles. The van der Waals surface area contributed by atoms with E-state index in [2.05, 4.69) is 17.5 Å². The van der Waals surface area contributed by atoms with E-state index in [-0.39, 0.29) is 5.91 Å². The summed E-state index contributed by atoms with van der Waals surface area (Å²) >= 11 is 0. The standard InChI is InChI=1S/C18H28N2O/c1-3-4-5-6-7-8-10-13-16(2)19-20-18(21)17-14-11-9-12-15-17/h9,11-12,14-15H,3-8,10,13H2,1-2H3,(H,20,21)/b19-16+. The molecule has 0 radical (unpaired) electrons. The molecule has 1 rings (SSSR count). The van der Waals surface area contributed by atoms with Crippen molar-refractivity contribution >= 4 is 11.6 Å². The van der Waals surface area contributed by atoms with Crippen LogP contribution in [0.5, 0.6) is 0 Å². The topological polar surface area (TPSA) is 41.5 Å². The molecule has 0 bridgehead atoms. The predicted octanol–water partition coefficient (Wildman–Crippen LogP) is 4.93. The quantitative estimate of drug-likeness (QED) is 0.370. The molecule has 21 heavy (non-hydrogen) atoms. The summed E-state index contributed by atoms with van der Waals surface area (Å²) in [7, 11) is 0. The highest BCUT2D eigenvalue weighted by Gasteiger charge is 2.02. The van der Waals surface area contributed by atoms with Crippen LogP contribution in [0, 0.1) is 0 Å². The molecule has 0 aliphatic rings. The number of nitrogens with one attached hydrogen (secondary N) is 1. The van der Waals surface area contributed by atoms with Crippen LogP contribution in [0.1, 0.15) is 75.6 Å². The summed E-state index contributed by atoms with van der Waals surface area (Å²) in [6, 6.07) is 9.17. The molecule has 0 saturated heterocycles. The van der Waals surface area contributed by atoms with Crippen LogP contribution in [0.3, 0.4) is 0 Å². The minimum Gasteiger partial charge on any atom is -0.267 e. The molecular formula is C18H28N2O. The third-order valence-electron chi connectivity index (χ3n) is 3.53. The van der Waals surface area contributed by atoms with Crippen LogP contribution >= 0.6 is 0 Å². The van der Waals surface area contributed by atoms with Crippen LogP contribution in [0.4, 0.5) is 0 Å². The Labute approximate surface area is 128 Å². The molecule has 1 amide bonds. The molecule has 3 nitrogen and oxygen atoms in total. The van der Waals surface area contributed by atoms with Crippen LogP contribution < -0.4 is 5.43 Å². The number of nitrogens with zero attached hydrogens (tertiary/aromatic N) is 1. The van der Waals surface area contributed by atoms with E-state index < -0.39 is 0 Å². The highest BCUT2D eigenvalue weighted by atomic mass is 16.2. The third-order valence-corrected chi connectivity index (χ3v) is 3.53. The lowest BCUT2D eigenvalue weighted by atomic mass is 10.1. The van der Waals surface area contributed by atoms with Crippen molar-refractivity contribution in [2.45, 2.75) is 65.2 Å². The van der Waals surface area contributed by atoms with E-state index in [4.69, 9.17) is 0 Å². The summed E-state index contributed by atoms with van der Waals surface area (Å²) in [6.45, 7) is 4.21. The van der Waals surface area contributed by atoms with E-state index in [1.54, 1.807) is 12.1 Å². The van der Waals surface area contributed by atoms with Crippen molar-refractivity contribution in [1.29, 1.82) is 0 Å². The zero-order valence-electron chi connectivity index (χ0n) is 13.4. The van der Waals surface area contributed by atoms with Crippen molar-refractivity contribution in [1.82, 2.24) is 5.43 Å². The maximum Gasteiger partial charge on any atom is 0.271 e. The van der Waals surface area contributed by atoms with Gasteiger partial charge in [-0.25, -0.2) is 5.43 Å². The van der Waals surface area contributed by atoms with Crippen LogP contribution in [-0.2, 0) is 0 Å². The second-order valence-corrected chi connectivity index (χ2v) is 5.53. The molecule has 0 unspecified atom stereocenters. The van der Waals surface area contributed by atoms with Crippen molar-refractivity contribution in [2.75, 3.05) is 0 Å². The first-order chi connectivity index (χ1) is 10.2. The van der Waals surface area contributed by atoms with Gasteiger partial charge in [0.15, 0.2) is 0 Å². The fourth-order valence-electron chi connectivity index (χ4n) is 2.19. The number of amides is 1. The molecule has 116 valence electrons. The second kappa shape index (κ2) is 11.1. The summed E-state index contributed by atoms with van der Waals surface area (Å²) in [5.74, 6) is -0.144. The number of hydrogen-bond donors (Lipinski definition) is 1. The number of rotatable bonds is 10. The second-order valence-electron chi connectivity index (χ2n) is 5.53. The SMILES string of the molecule is CCCCCCCCC/C(C)=N/NC(=O)c1ccccc1. The van der Waals surface area contributed by atoms with Crippen molar-refractivity contribution in [3.05, 3.63) is 35.9 Å². The Balaban J connectivity index is 2.14. The monoisotopic (exact) mass is 288 g/mol. The van der Waals surface area contributed by atoms with Crippen molar-refractivity contribution < 1.29 is 4.79 Å². The Hall–Kier alpha value is -1.64. The van der Waals surface area contributed by atoms with E-state index in [1.807, 2.05) is 25.1 Å². The lowest BCUT2D eigenvalue weighted by Crippen LogP contribution is -2.18. The minimum absolute atomic E-state index is 0.144. The van der Waals surface area contributed by atoms with Crippen molar-refractivity contribution in [3.8, 4) is 0 Å². The average Bonchev–Trinajstić information content (AvgIpc) is 2.52. The van der Waals surface area contributed by atoms with Gasteiger partial charge >= 0.3 is 0 Å². The molecule has 3 heteroatoms. The van der Waals surface area contributed by atoms with Gasteiger partial charge in [-0.15, -0.1) is 0 Å². The van der Waals surface area contributed by atoms with Crippen molar-refractivity contribution in [2.24, 2.45) is 5.10 Å². The van der Waals surface area contributed by atoms with Crippen molar-refractivity contribution in [3.63, 3.8) is 0 Å². The Morgan fingerprint density at radius 2 is 1.62 bits per heavy atom. The highest BCUT2D eigenvalue weighted by Crippen LogP contribution is 2.08. The van der Waals surface area contributed by atoms with Gasteiger partial charge in [0.1, 0.15) is 0 Å². The van der Waals surface area contributed by atoms with Gasteiger partial charge in [-0.05, 0) is 31.9 Å². The summed E-state index contributed by atoms with van der Waals surface area (Å²) in [6.07, 6.45) is 10.0. The summed E-state index contributed by atoms with van der Waals surface area (Å²) < 4.78 is 0. The number of hydrogen-bond acceptors (Lipinski definition) is 2. The fourth-order valence-corrected chi connectivity index (χ4v) is 2.19. The first-order valence-electron chi connectivity index (χ1n) is 8.12. The number of carbonyl (C=O) groups excluding carboxylic acids is 1. The lowest BCUT2D eigenvalue weighted by molar-refractivity contribution is 0.0954. The molecule has 0 spiro atoms. The largest absolute Gasteiger partial charge is 0.271 e. The number of hydrazone groups is 1. The fraction of sp³-hybridized carbons (Fsp3) is 0.556. The van der Waals surface area contributed by atoms with E-state index in [0.29, 0.717) is 5.56 Å². The lowest BCUT2D eigenvalue weighted by Gasteiger charge is -2.03. The Morgan fingerprint density at radius 1 is 1.00 bits per heavy atom. The van der Waals surface area contributed by atoms with E-state index in [1.165, 1.54) is 38.5 Å². The average molecular weight is 288 g/mol. The Kier molecular flexibility index (Phi) is 9.18.